The molecule has 1 aliphatic rings. The molecule has 5 heteroatoms. The van der Waals surface area contributed by atoms with Gasteiger partial charge in [0.1, 0.15) is 0 Å². The second kappa shape index (κ2) is 8.81. The first kappa shape index (κ1) is 16.8. The zero-order valence-corrected chi connectivity index (χ0v) is 14.3. The molecule has 1 saturated heterocycles. The molecule has 5 nitrogen and oxygen atoms in total. The second-order valence-electron chi connectivity index (χ2n) is 6.23. The Labute approximate surface area is 134 Å². The Kier molecular flexibility index (Phi) is 6.74. The van der Waals surface area contributed by atoms with E-state index in [2.05, 4.69) is 46.7 Å². The molecular weight excluding hydrogens is 274 g/mol. The van der Waals surface area contributed by atoms with Gasteiger partial charge in [0.05, 0.1) is 12.4 Å². The van der Waals surface area contributed by atoms with E-state index in [1.54, 1.807) is 0 Å². The van der Waals surface area contributed by atoms with Crippen LogP contribution in [0.4, 0.5) is 0 Å². The van der Waals surface area contributed by atoms with Crippen molar-refractivity contribution in [3.8, 4) is 0 Å². The monoisotopic (exact) mass is 305 g/mol. The van der Waals surface area contributed by atoms with Crippen molar-refractivity contribution in [3.63, 3.8) is 0 Å². The van der Waals surface area contributed by atoms with Gasteiger partial charge in [-0.05, 0) is 25.7 Å². The highest BCUT2D eigenvalue weighted by molar-refractivity contribution is 5.80. The molecule has 22 heavy (non-hydrogen) atoms. The van der Waals surface area contributed by atoms with E-state index in [0.717, 1.165) is 32.1 Å². The topological polar surface area (TPSA) is 45.5 Å². The predicted octanol–water partition coefficient (Wildman–Crippen LogP) is 2.92. The van der Waals surface area contributed by atoms with Gasteiger partial charge < -0.3 is 14.8 Å². The van der Waals surface area contributed by atoms with Crippen molar-refractivity contribution >= 4 is 5.96 Å². The molecule has 0 saturated carbocycles. The molecule has 2 rings (SSSR count). The standard InChI is InChI=1S/C17H31N5/c1-4-6-7-9-20-17(19-5-2)21-11-8-15(3)16(13-21)22-12-10-18-14-22/h10,12,14-16H,4-9,11,13H2,1-3H3,(H,19,20). The zero-order valence-electron chi connectivity index (χ0n) is 14.3. The number of hydrogen-bond acceptors (Lipinski definition) is 2. The summed E-state index contributed by atoms with van der Waals surface area (Å²) in [5.41, 5.74) is 0. The Hall–Kier alpha value is -1.52. The molecule has 1 aromatic heterocycles. The van der Waals surface area contributed by atoms with E-state index < -0.39 is 0 Å². The van der Waals surface area contributed by atoms with E-state index in [1.165, 1.54) is 25.7 Å². The molecule has 2 unspecified atom stereocenters. The number of unbranched alkanes of at least 4 members (excludes halogenated alkanes) is 2. The minimum absolute atomic E-state index is 0.482. The Morgan fingerprint density at radius 1 is 1.36 bits per heavy atom. The molecule has 124 valence electrons. The number of hydrogen-bond donors (Lipinski definition) is 1. The van der Waals surface area contributed by atoms with E-state index in [4.69, 9.17) is 4.99 Å². The first-order chi connectivity index (χ1) is 10.8. The number of nitrogens with zero attached hydrogens (tertiary/aromatic N) is 4. The van der Waals surface area contributed by atoms with Crippen molar-refractivity contribution in [1.29, 1.82) is 0 Å². The molecule has 1 aliphatic heterocycles. The van der Waals surface area contributed by atoms with E-state index in [9.17, 15) is 0 Å². The number of guanidine groups is 1. The summed E-state index contributed by atoms with van der Waals surface area (Å²) in [6, 6.07) is 0.482. The van der Waals surface area contributed by atoms with E-state index in [0.29, 0.717) is 12.0 Å². The first-order valence-corrected chi connectivity index (χ1v) is 8.77. The minimum atomic E-state index is 0.482. The van der Waals surface area contributed by atoms with Crippen molar-refractivity contribution in [1.82, 2.24) is 19.8 Å². The SMILES string of the molecule is CCCCCN=C(NCC)N1CCC(C)C(n2ccnc2)C1. The summed E-state index contributed by atoms with van der Waals surface area (Å²) >= 11 is 0. The summed E-state index contributed by atoms with van der Waals surface area (Å²) in [4.78, 5) is 11.4. The minimum Gasteiger partial charge on any atom is -0.357 e. The third-order valence-corrected chi connectivity index (χ3v) is 4.48. The summed E-state index contributed by atoms with van der Waals surface area (Å²) in [7, 11) is 0. The lowest BCUT2D eigenvalue weighted by atomic mass is 9.93. The van der Waals surface area contributed by atoms with Crippen LogP contribution >= 0.6 is 0 Å². The van der Waals surface area contributed by atoms with Crippen LogP contribution in [0.3, 0.4) is 0 Å². The average molecular weight is 305 g/mol. The van der Waals surface area contributed by atoms with Gasteiger partial charge in [-0.25, -0.2) is 4.98 Å². The number of rotatable bonds is 6. The van der Waals surface area contributed by atoms with Crippen molar-refractivity contribution < 1.29 is 0 Å². The number of likely N-dealkylation sites (tertiary alicyclic amines) is 1. The van der Waals surface area contributed by atoms with Gasteiger partial charge in [-0.1, -0.05) is 26.7 Å². The fraction of sp³-hybridized carbons (Fsp3) is 0.765. The van der Waals surface area contributed by atoms with Gasteiger partial charge in [0.2, 0.25) is 0 Å². The lowest BCUT2D eigenvalue weighted by Crippen LogP contribution is -2.49. The third kappa shape index (κ3) is 4.49. The maximum absolute atomic E-state index is 4.82. The predicted molar refractivity (Wildman–Crippen MR) is 92.1 cm³/mol. The second-order valence-corrected chi connectivity index (χ2v) is 6.23. The highest BCUT2D eigenvalue weighted by Gasteiger charge is 2.28. The molecule has 2 atom stereocenters. The van der Waals surface area contributed by atoms with E-state index >= 15 is 0 Å². The molecule has 0 aliphatic carbocycles. The molecule has 0 amide bonds. The summed E-state index contributed by atoms with van der Waals surface area (Å²) in [5.74, 6) is 1.75. The van der Waals surface area contributed by atoms with Crippen molar-refractivity contribution in [3.05, 3.63) is 18.7 Å². The number of aromatic nitrogens is 2. The number of imidazole rings is 1. The number of nitrogens with one attached hydrogen (secondary N) is 1. The Bertz CT molecular complexity index is 440. The maximum Gasteiger partial charge on any atom is 0.193 e. The molecule has 0 spiro atoms. The summed E-state index contributed by atoms with van der Waals surface area (Å²) in [5, 5.41) is 3.46. The lowest BCUT2D eigenvalue weighted by Gasteiger charge is -2.39. The molecule has 0 bridgehead atoms. The van der Waals surface area contributed by atoms with Crippen molar-refractivity contribution in [2.45, 2.75) is 52.5 Å². The van der Waals surface area contributed by atoms with Crippen LogP contribution in [0.2, 0.25) is 0 Å². The van der Waals surface area contributed by atoms with Gasteiger partial charge in [0.15, 0.2) is 5.96 Å². The van der Waals surface area contributed by atoms with Crippen LogP contribution in [0.1, 0.15) is 52.5 Å². The highest BCUT2D eigenvalue weighted by Crippen LogP contribution is 2.27. The molecule has 2 heterocycles. The number of piperidine rings is 1. The molecular formula is C17H31N5. The number of aliphatic imine (C=N–C) groups is 1. The van der Waals surface area contributed by atoms with Gasteiger partial charge in [-0.3, -0.25) is 4.99 Å². The van der Waals surface area contributed by atoms with E-state index in [1.807, 2.05) is 12.5 Å². The van der Waals surface area contributed by atoms with Crippen LogP contribution in [0, 0.1) is 5.92 Å². The molecule has 0 radical (unpaired) electrons. The Morgan fingerprint density at radius 2 is 2.23 bits per heavy atom. The fourth-order valence-electron chi connectivity index (χ4n) is 3.07. The molecule has 1 aromatic rings. The normalized spacial score (nSPS) is 22.9. The lowest BCUT2D eigenvalue weighted by molar-refractivity contribution is 0.189. The smallest absolute Gasteiger partial charge is 0.193 e. The van der Waals surface area contributed by atoms with E-state index in [-0.39, 0.29) is 0 Å². The van der Waals surface area contributed by atoms with Crippen LogP contribution < -0.4 is 5.32 Å². The summed E-state index contributed by atoms with van der Waals surface area (Å²) in [6.45, 7) is 10.7. The Morgan fingerprint density at radius 3 is 2.91 bits per heavy atom. The molecule has 0 aromatic carbocycles. The van der Waals surface area contributed by atoms with Gasteiger partial charge >= 0.3 is 0 Å². The van der Waals surface area contributed by atoms with Crippen molar-refractivity contribution in [2.24, 2.45) is 10.9 Å². The average Bonchev–Trinajstić information content (AvgIpc) is 3.05. The third-order valence-electron chi connectivity index (χ3n) is 4.48. The largest absolute Gasteiger partial charge is 0.357 e. The molecule has 1 fully saturated rings. The Balaban J connectivity index is 2.01. The van der Waals surface area contributed by atoms with Gasteiger partial charge in [0, 0.05) is 38.6 Å². The van der Waals surface area contributed by atoms with Crippen LogP contribution in [0.25, 0.3) is 0 Å². The summed E-state index contributed by atoms with van der Waals surface area (Å²) < 4.78 is 2.25. The van der Waals surface area contributed by atoms with Crippen molar-refractivity contribution in [2.75, 3.05) is 26.2 Å². The zero-order chi connectivity index (χ0) is 15.8. The van der Waals surface area contributed by atoms with Crippen LogP contribution in [0.15, 0.2) is 23.7 Å². The van der Waals surface area contributed by atoms with Gasteiger partial charge in [-0.2, -0.15) is 0 Å². The first-order valence-electron chi connectivity index (χ1n) is 8.77. The highest BCUT2D eigenvalue weighted by atomic mass is 15.3. The van der Waals surface area contributed by atoms with Gasteiger partial charge in [0.25, 0.3) is 0 Å². The fourth-order valence-corrected chi connectivity index (χ4v) is 3.07. The van der Waals surface area contributed by atoms with Crippen LogP contribution in [0.5, 0.6) is 0 Å². The van der Waals surface area contributed by atoms with Crippen LogP contribution in [-0.2, 0) is 0 Å². The maximum atomic E-state index is 4.82. The van der Waals surface area contributed by atoms with Crippen LogP contribution in [-0.4, -0.2) is 46.6 Å². The van der Waals surface area contributed by atoms with Gasteiger partial charge in [-0.15, -0.1) is 0 Å². The quantitative estimate of drug-likeness (QED) is 0.499. The summed E-state index contributed by atoms with van der Waals surface area (Å²) in [6.07, 6.45) is 10.8. The molecule has 1 N–H and O–H groups in total.